The van der Waals surface area contributed by atoms with Crippen molar-refractivity contribution in [3.63, 3.8) is 0 Å². The van der Waals surface area contributed by atoms with Crippen LogP contribution in [0.4, 0.5) is 5.69 Å². The summed E-state index contributed by atoms with van der Waals surface area (Å²) in [4.78, 5) is 15.8. The number of carbonyl (C=O) groups is 1. The molecular weight excluding hydrogens is 268 g/mol. The van der Waals surface area contributed by atoms with Gasteiger partial charge in [-0.25, -0.2) is 5.84 Å². The van der Waals surface area contributed by atoms with Crippen LogP contribution in [0.3, 0.4) is 0 Å². The summed E-state index contributed by atoms with van der Waals surface area (Å²) < 4.78 is 5.27. The first-order chi connectivity index (χ1) is 10.2. The van der Waals surface area contributed by atoms with Crippen LogP contribution in [0.25, 0.3) is 0 Å². The van der Waals surface area contributed by atoms with Crippen LogP contribution in [0, 0.1) is 0 Å². The number of methoxy groups -OCH3 is 1. The molecule has 0 radical (unpaired) electrons. The monoisotopic (exact) mass is 292 g/mol. The van der Waals surface area contributed by atoms with Gasteiger partial charge in [-0.2, -0.15) is 0 Å². The lowest BCUT2D eigenvalue weighted by Crippen LogP contribution is -2.46. The highest BCUT2D eigenvalue weighted by molar-refractivity contribution is 5.75. The number of hydrazine groups is 1. The van der Waals surface area contributed by atoms with Crippen LogP contribution in [0.15, 0.2) is 24.3 Å². The third kappa shape index (κ3) is 4.61. The zero-order valence-electron chi connectivity index (χ0n) is 12.5. The second-order valence-electron chi connectivity index (χ2n) is 5.20. The van der Waals surface area contributed by atoms with E-state index in [0.29, 0.717) is 6.42 Å². The second-order valence-corrected chi connectivity index (χ2v) is 5.20. The highest BCUT2D eigenvalue weighted by Gasteiger charge is 2.17. The minimum absolute atomic E-state index is 0.0926. The first kappa shape index (κ1) is 15.6. The number of hydrogen-bond acceptors (Lipinski definition) is 5. The molecule has 3 N–H and O–H groups in total. The Morgan fingerprint density at radius 3 is 2.76 bits per heavy atom. The first-order valence-corrected chi connectivity index (χ1v) is 7.33. The molecule has 21 heavy (non-hydrogen) atoms. The van der Waals surface area contributed by atoms with Gasteiger partial charge in [-0.15, -0.1) is 0 Å². The Bertz CT molecular complexity index is 459. The fourth-order valence-electron chi connectivity index (χ4n) is 2.57. The lowest BCUT2D eigenvalue weighted by atomic mass is 10.2. The highest BCUT2D eigenvalue weighted by atomic mass is 16.5. The fraction of sp³-hybridized carbons (Fsp3) is 0.533. The van der Waals surface area contributed by atoms with Crippen molar-refractivity contribution < 1.29 is 9.53 Å². The SMILES string of the molecule is COc1cccc(N2CCN(CCCC(=O)NN)CC2)c1. The van der Waals surface area contributed by atoms with Crippen LogP contribution in [0.1, 0.15) is 12.8 Å². The van der Waals surface area contributed by atoms with Crippen molar-refractivity contribution in [1.82, 2.24) is 10.3 Å². The summed E-state index contributed by atoms with van der Waals surface area (Å²) in [6, 6.07) is 8.17. The lowest BCUT2D eigenvalue weighted by Gasteiger charge is -2.36. The van der Waals surface area contributed by atoms with Crippen molar-refractivity contribution in [3.05, 3.63) is 24.3 Å². The van der Waals surface area contributed by atoms with Gasteiger partial charge in [-0.05, 0) is 25.1 Å². The third-order valence-corrected chi connectivity index (χ3v) is 3.83. The topological polar surface area (TPSA) is 70.8 Å². The summed E-state index contributed by atoms with van der Waals surface area (Å²) in [5, 5.41) is 0. The van der Waals surface area contributed by atoms with Crippen molar-refractivity contribution >= 4 is 11.6 Å². The van der Waals surface area contributed by atoms with Gasteiger partial charge in [0.2, 0.25) is 5.91 Å². The Morgan fingerprint density at radius 1 is 1.33 bits per heavy atom. The van der Waals surface area contributed by atoms with E-state index in [1.165, 1.54) is 5.69 Å². The third-order valence-electron chi connectivity index (χ3n) is 3.83. The predicted octanol–water partition coefficient (Wildman–Crippen LogP) is 0.587. The minimum Gasteiger partial charge on any atom is -0.497 e. The van der Waals surface area contributed by atoms with Crippen LogP contribution in [-0.4, -0.2) is 50.6 Å². The van der Waals surface area contributed by atoms with Gasteiger partial charge < -0.3 is 9.64 Å². The molecule has 0 spiro atoms. The van der Waals surface area contributed by atoms with E-state index >= 15 is 0 Å². The van der Waals surface area contributed by atoms with E-state index < -0.39 is 0 Å². The van der Waals surface area contributed by atoms with Crippen molar-refractivity contribution in [2.24, 2.45) is 5.84 Å². The van der Waals surface area contributed by atoms with Crippen LogP contribution >= 0.6 is 0 Å². The molecule has 1 saturated heterocycles. The van der Waals surface area contributed by atoms with Gasteiger partial charge in [-0.3, -0.25) is 15.1 Å². The number of carbonyl (C=O) groups excluding carboxylic acids is 1. The molecule has 116 valence electrons. The number of anilines is 1. The molecule has 0 saturated carbocycles. The summed E-state index contributed by atoms with van der Waals surface area (Å²) >= 11 is 0. The molecule has 1 amide bonds. The second kappa shape index (κ2) is 7.85. The molecule has 0 atom stereocenters. The standard InChI is InChI=1S/C15H24N4O2/c1-21-14-5-2-4-13(12-14)19-10-8-18(9-11-19)7-3-6-15(20)17-16/h2,4-5,12H,3,6-11,16H2,1H3,(H,17,20). The molecule has 0 aromatic heterocycles. The molecule has 0 bridgehead atoms. The van der Waals surface area contributed by atoms with Gasteiger partial charge in [-0.1, -0.05) is 6.07 Å². The highest BCUT2D eigenvalue weighted by Crippen LogP contribution is 2.22. The number of rotatable bonds is 6. The number of ether oxygens (including phenoxy) is 1. The molecule has 0 unspecified atom stereocenters. The van der Waals surface area contributed by atoms with Crippen LogP contribution in [0.2, 0.25) is 0 Å². The maximum absolute atomic E-state index is 11.1. The zero-order valence-corrected chi connectivity index (χ0v) is 12.5. The molecule has 6 heteroatoms. The zero-order chi connectivity index (χ0) is 15.1. The molecule has 1 heterocycles. The summed E-state index contributed by atoms with van der Waals surface area (Å²) in [5.74, 6) is 5.87. The maximum Gasteiger partial charge on any atom is 0.233 e. The van der Waals surface area contributed by atoms with Gasteiger partial charge in [0.05, 0.1) is 7.11 Å². The van der Waals surface area contributed by atoms with Crippen LogP contribution < -0.4 is 20.9 Å². The predicted molar refractivity (Wildman–Crippen MR) is 83.2 cm³/mol. The molecule has 2 rings (SSSR count). The Hall–Kier alpha value is -1.79. The van der Waals surface area contributed by atoms with Gasteiger partial charge in [0.25, 0.3) is 0 Å². The Morgan fingerprint density at radius 2 is 2.10 bits per heavy atom. The van der Waals surface area contributed by atoms with Crippen molar-refractivity contribution in [2.45, 2.75) is 12.8 Å². The first-order valence-electron chi connectivity index (χ1n) is 7.33. The number of piperazine rings is 1. The number of hydrogen-bond donors (Lipinski definition) is 2. The van der Waals surface area contributed by atoms with Gasteiger partial charge in [0, 0.05) is 44.4 Å². The van der Waals surface area contributed by atoms with E-state index in [9.17, 15) is 4.79 Å². The van der Waals surface area contributed by atoms with Crippen LogP contribution in [0.5, 0.6) is 5.75 Å². The Labute approximate surface area is 125 Å². The average Bonchev–Trinajstić information content (AvgIpc) is 2.55. The number of amides is 1. The van der Waals surface area contributed by atoms with E-state index in [4.69, 9.17) is 10.6 Å². The summed E-state index contributed by atoms with van der Waals surface area (Å²) in [6.07, 6.45) is 1.34. The van der Waals surface area contributed by atoms with Crippen molar-refractivity contribution in [2.75, 3.05) is 44.7 Å². The molecular formula is C15H24N4O2. The quantitative estimate of drug-likeness (QED) is 0.456. The smallest absolute Gasteiger partial charge is 0.233 e. The van der Waals surface area contributed by atoms with Gasteiger partial charge >= 0.3 is 0 Å². The van der Waals surface area contributed by atoms with Gasteiger partial charge in [0.15, 0.2) is 0 Å². The molecule has 1 aliphatic heterocycles. The largest absolute Gasteiger partial charge is 0.497 e. The Kier molecular flexibility index (Phi) is 5.83. The minimum atomic E-state index is -0.0926. The van der Waals surface area contributed by atoms with Crippen molar-refractivity contribution in [1.29, 1.82) is 0 Å². The molecule has 6 nitrogen and oxygen atoms in total. The molecule has 0 aliphatic carbocycles. The molecule has 1 aromatic rings. The Balaban J connectivity index is 1.76. The number of nitrogens with two attached hydrogens (primary N) is 1. The summed E-state index contributed by atoms with van der Waals surface area (Å²) in [7, 11) is 1.69. The average molecular weight is 292 g/mol. The summed E-state index contributed by atoms with van der Waals surface area (Å²) in [5.41, 5.74) is 3.37. The molecule has 1 aliphatic rings. The van der Waals surface area contributed by atoms with Gasteiger partial charge in [0.1, 0.15) is 5.75 Å². The molecule has 1 fully saturated rings. The van der Waals surface area contributed by atoms with E-state index in [1.54, 1.807) is 7.11 Å². The normalized spacial score (nSPS) is 15.8. The van der Waals surface area contributed by atoms with E-state index in [0.717, 1.165) is 44.9 Å². The maximum atomic E-state index is 11.1. The number of nitrogens with one attached hydrogen (secondary N) is 1. The molecule has 1 aromatic carbocycles. The fourth-order valence-corrected chi connectivity index (χ4v) is 2.57. The number of benzene rings is 1. The lowest BCUT2D eigenvalue weighted by molar-refractivity contribution is -0.121. The van der Waals surface area contributed by atoms with Crippen molar-refractivity contribution in [3.8, 4) is 5.75 Å². The number of nitrogens with zero attached hydrogens (tertiary/aromatic N) is 2. The van der Waals surface area contributed by atoms with E-state index in [1.807, 2.05) is 12.1 Å². The van der Waals surface area contributed by atoms with E-state index in [-0.39, 0.29) is 5.91 Å². The van der Waals surface area contributed by atoms with Crippen LogP contribution in [-0.2, 0) is 4.79 Å². The van der Waals surface area contributed by atoms with E-state index in [2.05, 4.69) is 27.4 Å². The summed E-state index contributed by atoms with van der Waals surface area (Å²) in [6.45, 7) is 4.97.